The van der Waals surface area contributed by atoms with Crippen LogP contribution in [0.5, 0.6) is 5.75 Å². The molecule has 0 bridgehead atoms. The van der Waals surface area contributed by atoms with Gasteiger partial charge in [0.05, 0.1) is 5.56 Å². The van der Waals surface area contributed by atoms with E-state index in [0.717, 1.165) is 42.3 Å². The van der Waals surface area contributed by atoms with Gasteiger partial charge in [-0.3, -0.25) is 5.41 Å². The highest BCUT2D eigenvalue weighted by Gasteiger charge is 2.17. The van der Waals surface area contributed by atoms with Gasteiger partial charge in [-0.2, -0.15) is 0 Å². The monoisotopic (exact) mass is 404 g/mol. The van der Waals surface area contributed by atoms with Crippen LogP contribution in [0.25, 0.3) is 10.8 Å². The van der Waals surface area contributed by atoms with Crippen molar-refractivity contribution in [3.63, 3.8) is 0 Å². The fourth-order valence-corrected chi connectivity index (χ4v) is 3.52. The Balaban J connectivity index is 1.27. The summed E-state index contributed by atoms with van der Waals surface area (Å²) in [6, 6.07) is 14.4. The van der Waals surface area contributed by atoms with Gasteiger partial charge < -0.3 is 20.1 Å². The second-order valence-corrected chi connectivity index (χ2v) is 7.18. The molecule has 1 aliphatic heterocycles. The molecule has 30 heavy (non-hydrogen) atoms. The number of nitrogens with two attached hydrogens (primary N) is 1. The zero-order valence-electron chi connectivity index (χ0n) is 16.6. The van der Waals surface area contributed by atoms with Gasteiger partial charge in [-0.05, 0) is 48.6 Å². The highest BCUT2D eigenvalue weighted by Crippen LogP contribution is 2.24. The molecule has 0 aliphatic carbocycles. The minimum absolute atomic E-state index is 0.130. The van der Waals surface area contributed by atoms with E-state index in [1.807, 2.05) is 24.3 Å². The molecule has 1 fully saturated rings. The standard InChI is InChI=1S/C23H24N4O3/c24-21-20-15-19(8-7-16(20)9-10-26-21)29-13-14-30-23(28)18-5-3-17(4-6-18)22(25)27-11-1-2-12-27/h3-10,15,25H,1-2,11-14H2,(H2,24,26). The normalized spacial score (nSPS) is 13.4. The molecule has 3 N–H and O–H groups in total. The second-order valence-electron chi connectivity index (χ2n) is 7.18. The van der Waals surface area contributed by atoms with E-state index in [2.05, 4.69) is 9.88 Å². The number of pyridine rings is 1. The van der Waals surface area contributed by atoms with Gasteiger partial charge in [0.1, 0.15) is 30.6 Å². The van der Waals surface area contributed by atoms with Crippen LogP contribution < -0.4 is 10.5 Å². The van der Waals surface area contributed by atoms with Crippen molar-refractivity contribution in [2.24, 2.45) is 0 Å². The quantitative estimate of drug-likeness (QED) is 0.282. The highest BCUT2D eigenvalue weighted by atomic mass is 16.6. The van der Waals surface area contributed by atoms with Crippen molar-refractivity contribution < 1.29 is 14.3 Å². The summed E-state index contributed by atoms with van der Waals surface area (Å²) >= 11 is 0. The molecule has 0 unspecified atom stereocenters. The van der Waals surface area contributed by atoms with Crippen molar-refractivity contribution in [2.45, 2.75) is 12.8 Å². The number of hydrogen-bond acceptors (Lipinski definition) is 6. The van der Waals surface area contributed by atoms with Crippen molar-refractivity contribution in [2.75, 3.05) is 32.0 Å². The molecule has 7 heteroatoms. The van der Waals surface area contributed by atoms with Crippen molar-refractivity contribution in [1.29, 1.82) is 5.41 Å². The molecule has 1 saturated heterocycles. The molecule has 4 rings (SSSR count). The molecule has 2 heterocycles. The van der Waals surface area contributed by atoms with E-state index in [9.17, 15) is 4.79 Å². The Morgan fingerprint density at radius 3 is 2.53 bits per heavy atom. The van der Waals surface area contributed by atoms with Gasteiger partial charge >= 0.3 is 5.97 Å². The molecule has 0 atom stereocenters. The maximum absolute atomic E-state index is 12.2. The average Bonchev–Trinajstić information content (AvgIpc) is 3.32. The summed E-state index contributed by atoms with van der Waals surface area (Å²) < 4.78 is 11.0. The third-order valence-electron chi connectivity index (χ3n) is 5.17. The Kier molecular flexibility index (Phi) is 5.79. The van der Waals surface area contributed by atoms with E-state index >= 15 is 0 Å². The average molecular weight is 404 g/mol. The number of benzene rings is 2. The summed E-state index contributed by atoms with van der Waals surface area (Å²) in [6.07, 6.45) is 3.91. The first-order valence-corrected chi connectivity index (χ1v) is 10.00. The maximum atomic E-state index is 12.2. The molecular formula is C23H24N4O3. The van der Waals surface area contributed by atoms with Gasteiger partial charge in [0.15, 0.2) is 0 Å². The summed E-state index contributed by atoms with van der Waals surface area (Å²) in [5, 5.41) is 10.1. The number of carbonyl (C=O) groups is 1. The molecular weight excluding hydrogens is 380 g/mol. The predicted molar refractivity (Wildman–Crippen MR) is 116 cm³/mol. The number of amidine groups is 1. The molecule has 3 aromatic rings. The Morgan fingerprint density at radius 2 is 1.77 bits per heavy atom. The van der Waals surface area contributed by atoms with E-state index < -0.39 is 5.97 Å². The lowest BCUT2D eigenvalue weighted by molar-refractivity contribution is 0.0450. The number of anilines is 1. The lowest BCUT2D eigenvalue weighted by Gasteiger charge is -2.18. The predicted octanol–water partition coefficient (Wildman–Crippen LogP) is 3.47. The van der Waals surface area contributed by atoms with Gasteiger partial charge in [0, 0.05) is 30.2 Å². The van der Waals surface area contributed by atoms with Gasteiger partial charge in [-0.25, -0.2) is 9.78 Å². The first kappa shape index (κ1) is 19.7. The van der Waals surface area contributed by atoms with Crippen LogP contribution in [0, 0.1) is 5.41 Å². The zero-order chi connectivity index (χ0) is 20.9. The van der Waals surface area contributed by atoms with Crippen molar-refractivity contribution >= 4 is 28.4 Å². The number of carbonyl (C=O) groups excluding carboxylic acids is 1. The third-order valence-corrected chi connectivity index (χ3v) is 5.17. The summed E-state index contributed by atoms with van der Waals surface area (Å²) in [5.74, 6) is 1.19. The minimum Gasteiger partial charge on any atom is -0.490 e. The number of rotatable bonds is 6. The van der Waals surface area contributed by atoms with Crippen LogP contribution in [0.1, 0.15) is 28.8 Å². The zero-order valence-corrected chi connectivity index (χ0v) is 16.6. The first-order valence-electron chi connectivity index (χ1n) is 10.00. The van der Waals surface area contributed by atoms with E-state index in [4.69, 9.17) is 20.6 Å². The van der Waals surface area contributed by atoms with Gasteiger partial charge in [0.2, 0.25) is 0 Å². The number of fused-ring (bicyclic) bond motifs is 1. The fourth-order valence-electron chi connectivity index (χ4n) is 3.52. The van der Waals surface area contributed by atoms with E-state index in [1.54, 1.807) is 30.5 Å². The number of nitrogens with one attached hydrogen (secondary N) is 1. The molecule has 0 spiro atoms. The third kappa shape index (κ3) is 4.35. The SMILES string of the molecule is N=C(c1ccc(C(=O)OCCOc2ccc3ccnc(N)c3c2)cc1)N1CCCC1. The summed E-state index contributed by atoms with van der Waals surface area (Å²) in [5.41, 5.74) is 7.16. The Hall–Kier alpha value is -3.61. The number of likely N-dealkylation sites (tertiary alicyclic amines) is 1. The van der Waals surface area contributed by atoms with Gasteiger partial charge in [-0.1, -0.05) is 18.2 Å². The Morgan fingerprint density at radius 1 is 1.03 bits per heavy atom. The van der Waals surface area contributed by atoms with E-state index in [1.165, 1.54) is 0 Å². The number of nitrogens with zero attached hydrogens (tertiary/aromatic N) is 2. The largest absolute Gasteiger partial charge is 0.490 e. The number of nitrogen functional groups attached to an aromatic ring is 1. The topological polar surface area (TPSA) is 102 Å². The summed E-state index contributed by atoms with van der Waals surface area (Å²) in [6.45, 7) is 2.20. The van der Waals surface area contributed by atoms with E-state index in [0.29, 0.717) is 23.0 Å². The number of hydrogen-bond donors (Lipinski definition) is 2. The molecule has 154 valence electrons. The lowest BCUT2D eigenvalue weighted by atomic mass is 10.1. The Labute approximate surface area is 174 Å². The van der Waals surface area contributed by atoms with Crippen LogP contribution in [0.15, 0.2) is 54.7 Å². The van der Waals surface area contributed by atoms with Crippen LogP contribution in [0.2, 0.25) is 0 Å². The second kappa shape index (κ2) is 8.82. The van der Waals surface area contributed by atoms with E-state index in [-0.39, 0.29) is 13.2 Å². The molecule has 1 aliphatic rings. The van der Waals surface area contributed by atoms with Crippen LogP contribution in [0.3, 0.4) is 0 Å². The van der Waals surface area contributed by atoms with Crippen molar-refractivity contribution in [3.8, 4) is 5.75 Å². The van der Waals surface area contributed by atoms with Crippen molar-refractivity contribution in [1.82, 2.24) is 9.88 Å². The van der Waals surface area contributed by atoms with Crippen LogP contribution in [-0.2, 0) is 4.74 Å². The summed E-state index contributed by atoms with van der Waals surface area (Å²) in [7, 11) is 0. The lowest BCUT2D eigenvalue weighted by Crippen LogP contribution is -2.27. The van der Waals surface area contributed by atoms with Crippen LogP contribution in [0.4, 0.5) is 5.82 Å². The minimum atomic E-state index is -0.412. The van der Waals surface area contributed by atoms with Crippen LogP contribution >= 0.6 is 0 Å². The van der Waals surface area contributed by atoms with Crippen LogP contribution in [-0.4, -0.2) is 48.0 Å². The summed E-state index contributed by atoms with van der Waals surface area (Å²) in [4.78, 5) is 18.4. The molecule has 0 saturated carbocycles. The van der Waals surface area contributed by atoms with Crippen molar-refractivity contribution in [3.05, 3.63) is 65.9 Å². The van der Waals surface area contributed by atoms with Gasteiger partial charge in [-0.15, -0.1) is 0 Å². The highest BCUT2D eigenvalue weighted by molar-refractivity contribution is 5.98. The Bertz CT molecular complexity index is 1060. The number of esters is 1. The number of aromatic nitrogens is 1. The fraction of sp³-hybridized carbons (Fsp3) is 0.261. The molecule has 0 amide bonds. The first-order chi connectivity index (χ1) is 14.6. The molecule has 7 nitrogen and oxygen atoms in total. The molecule has 2 aromatic carbocycles. The number of ether oxygens (including phenoxy) is 2. The molecule has 0 radical (unpaired) electrons. The maximum Gasteiger partial charge on any atom is 0.338 e. The molecule has 1 aromatic heterocycles. The van der Waals surface area contributed by atoms with Gasteiger partial charge in [0.25, 0.3) is 0 Å². The smallest absolute Gasteiger partial charge is 0.338 e.